The van der Waals surface area contributed by atoms with Gasteiger partial charge in [0.05, 0.1) is 14.2 Å². The summed E-state index contributed by atoms with van der Waals surface area (Å²) in [5.41, 5.74) is 2.27. The largest absolute Gasteiger partial charge is 0.493 e. The zero-order valence-electron chi connectivity index (χ0n) is 15.6. The molecule has 142 valence electrons. The first-order chi connectivity index (χ1) is 13.6. The maximum absolute atomic E-state index is 12.5. The Labute approximate surface area is 163 Å². The topological polar surface area (TPSA) is 76.7 Å². The van der Waals surface area contributed by atoms with Crippen LogP contribution in [0.2, 0.25) is 0 Å². The highest BCUT2D eigenvalue weighted by Gasteiger charge is 2.11. The lowest BCUT2D eigenvalue weighted by Gasteiger charge is -2.11. The van der Waals surface area contributed by atoms with E-state index in [1.54, 1.807) is 54.6 Å². The van der Waals surface area contributed by atoms with Crippen LogP contribution in [-0.4, -0.2) is 26.0 Å². The van der Waals surface area contributed by atoms with Crippen molar-refractivity contribution in [3.63, 3.8) is 0 Å². The maximum atomic E-state index is 12.5. The predicted octanol–water partition coefficient (Wildman–Crippen LogP) is 4.21. The summed E-state index contributed by atoms with van der Waals surface area (Å²) in [5.74, 6) is 0.566. The van der Waals surface area contributed by atoms with Gasteiger partial charge < -0.3 is 20.1 Å². The molecule has 0 heterocycles. The lowest BCUT2D eigenvalue weighted by atomic mass is 10.1. The number of ether oxygens (including phenoxy) is 2. The van der Waals surface area contributed by atoms with Gasteiger partial charge in [0.1, 0.15) is 0 Å². The van der Waals surface area contributed by atoms with Crippen LogP contribution >= 0.6 is 0 Å². The minimum absolute atomic E-state index is 0.192. The number of hydrogen-bond acceptors (Lipinski definition) is 4. The summed E-state index contributed by atoms with van der Waals surface area (Å²) in [4.78, 5) is 24.6. The van der Waals surface area contributed by atoms with Crippen molar-refractivity contribution in [2.45, 2.75) is 0 Å². The van der Waals surface area contributed by atoms with Gasteiger partial charge in [-0.05, 0) is 54.6 Å². The van der Waals surface area contributed by atoms with Gasteiger partial charge in [0, 0.05) is 22.5 Å². The fourth-order valence-corrected chi connectivity index (χ4v) is 2.61. The van der Waals surface area contributed by atoms with E-state index in [-0.39, 0.29) is 11.8 Å². The molecular weight excluding hydrogens is 356 g/mol. The van der Waals surface area contributed by atoms with Gasteiger partial charge in [0.2, 0.25) is 0 Å². The summed E-state index contributed by atoms with van der Waals surface area (Å²) in [6, 6.07) is 20.8. The van der Waals surface area contributed by atoms with Crippen molar-refractivity contribution >= 4 is 23.2 Å². The Bertz CT molecular complexity index is 970. The van der Waals surface area contributed by atoms with E-state index in [0.717, 1.165) is 0 Å². The molecule has 28 heavy (non-hydrogen) atoms. The van der Waals surface area contributed by atoms with Crippen molar-refractivity contribution < 1.29 is 19.1 Å². The van der Waals surface area contributed by atoms with Gasteiger partial charge in [0.25, 0.3) is 11.8 Å². The van der Waals surface area contributed by atoms with Crippen LogP contribution in [0.3, 0.4) is 0 Å². The van der Waals surface area contributed by atoms with Crippen LogP contribution in [0.4, 0.5) is 11.4 Å². The number of amides is 2. The summed E-state index contributed by atoms with van der Waals surface area (Å²) in [7, 11) is 3.05. The molecule has 0 radical (unpaired) electrons. The lowest BCUT2D eigenvalue weighted by Crippen LogP contribution is -2.13. The van der Waals surface area contributed by atoms with Gasteiger partial charge in [-0.2, -0.15) is 0 Å². The second-order valence-electron chi connectivity index (χ2n) is 5.92. The molecule has 6 nitrogen and oxygen atoms in total. The minimum atomic E-state index is -0.276. The number of methoxy groups -OCH3 is 2. The fourth-order valence-electron chi connectivity index (χ4n) is 2.61. The molecule has 0 aliphatic rings. The maximum Gasteiger partial charge on any atom is 0.255 e. The molecule has 0 aliphatic carbocycles. The smallest absolute Gasteiger partial charge is 0.255 e. The lowest BCUT2D eigenvalue weighted by molar-refractivity contribution is 0.101. The monoisotopic (exact) mass is 376 g/mol. The average molecular weight is 376 g/mol. The molecule has 0 aliphatic heterocycles. The van der Waals surface area contributed by atoms with Crippen LogP contribution in [0.1, 0.15) is 20.7 Å². The molecule has 0 fully saturated rings. The first-order valence-electron chi connectivity index (χ1n) is 8.60. The third-order valence-corrected chi connectivity index (χ3v) is 4.08. The third kappa shape index (κ3) is 4.48. The molecule has 0 saturated carbocycles. The van der Waals surface area contributed by atoms with E-state index in [4.69, 9.17) is 9.47 Å². The summed E-state index contributed by atoms with van der Waals surface area (Å²) in [5, 5.41) is 5.63. The van der Waals surface area contributed by atoms with Crippen LogP contribution in [0.5, 0.6) is 11.5 Å². The molecule has 0 atom stereocenters. The second-order valence-corrected chi connectivity index (χ2v) is 5.92. The summed E-state index contributed by atoms with van der Waals surface area (Å²) < 4.78 is 10.4. The van der Waals surface area contributed by atoms with E-state index in [1.165, 1.54) is 14.2 Å². The molecular formula is C22H20N2O4. The van der Waals surface area contributed by atoms with Crippen LogP contribution < -0.4 is 20.1 Å². The van der Waals surface area contributed by atoms with E-state index < -0.39 is 0 Å². The fraction of sp³-hybridized carbons (Fsp3) is 0.0909. The highest BCUT2D eigenvalue weighted by molar-refractivity contribution is 6.06. The molecule has 2 amide bonds. The number of anilines is 2. The molecule has 0 unspecified atom stereocenters. The molecule has 0 saturated heterocycles. The number of nitrogens with one attached hydrogen (secondary N) is 2. The van der Waals surface area contributed by atoms with Crippen molar-refractivity contribution in [1.82, 2.24) is 0 Å². The van der Waals surface area contributed by atoms with Crippen LogP contribution in [0, 0.1) is 0 Å². The molecule has 0 bridgehead atoms. The van der Waals surface area contributed by atoms with E-state index >= 15 is 0 Å². The van der Waals surface area contributed by atoms with Crippen LogP contribution in [-0.2, 0) is 0 Å². The van der Waals surface area contributed by atoms with Crippen molar-refractivity contribution in [2.24, 2.45) is 0 Å². The molecule has 0 aromatic heterocycles. The molecule has 6 heteroatoms. The Morgan fingerprint density at radius 3 is 1.71 bits per heavy atom. The van der Waals surface area contributed by atoms with E-state index in [1.807, 2.05) is 18.2 Å². The standard InChI is InChI=1S/C22H20N2O4/c1-27-19-13-8-16(14-20(19)28-2)22(26)24-18-11-9-17(10-12-18)23-21(25)15-6-4-3-5-7-15/h3-14H,1-2H3,(H,23,25)(H,24,26). The van der Waals surface area contributed by atoms with Crippen molar-refractivity contribution in [1.29, 1.82) is 0 Å². The van der Waals surface area contributed by atoms with Gasteiger partial charge in [-0.1, -0.05) is 18.2 Å². The van der Waals surface area contributed by atoms with Gasteiger partial charge in [-0.25, -0.2) is 0 Å². The first kappa shape index (κ1) is 19.0. The Morgan fingerprint density at radius 1 is 0.643 bits per heavy atom. The summed E-state index contributed by atoms with van der Waals surface area (Å²) in [6.07, 6.45) is 0. The van der Waals surface area contributed by atoms with Gasteiger partial charge >= 0.3 is 0 Å². The predicted molar refractivity (Wildman–Crippen MR) is 108 cm³/mol. The van der Waals surface area contributed by atoms with E-state index in [0.29, 0.717) is 34.0 Å². The SMILES string of the molecule is COc1ccc(C(=O)Nc2ccc(NC(=O)c3ccccc3)cc2)cc1OC. The average Bonchev–Trinajstić information content (AvgIpc) is 2.75. The third-order valence-electron chi connectivity index (χ3n) is 4.08. The Hall–Kier alpha value is -3.80. The molecule has 0 spiro atoms. The highest BCUT2D eigenvalue weighted by Crippen LogP contribution is 2.28. The molecule has 2 N–H and O–H groups in total. The van der Waals surface area contributed by atoms with Crippen molar-refractivity contribution in [3.05, 3.63) is 83.9 Å². The zero-order valence-corrected chi connectivity index (χ0v) is 15.6. The molecule has 3 aromatic carbocycles. The second kappa shape index (κ2) is 8.73. The zero-order chi connectivity index (χ0) is 19.9. The van der Waals surface area contributed by atoms with Gasteiger partial charge in [-0.15, -0.1) is 0 Å². The normalized spacial score (nSPS) is 10.1. The van der Waals surface area contributed by atoms with Crippen molar-refractivity contribution in [2.75, 3.05) is 24.9 Å². The summed E-state index contributed by atoms with van der Waals surface area (Å²) in [6.45, 7) is 0. The first-order valence-corrected chi connectivity index (χ1v) is 8.60. The molecule has 3 aromatic rings. The number of hydrogen-bond donors (Lipinski definition) is 2. The summed E-state index contributed by atoms with van der Waals surface area (Å²) >= 11 is 0. The van der Waals surface area contributed by atoms with Crippen LogP contribution in [0.25, 0.3) is 0 Å². The van der Waals surface area contributed by atoms with Gasteiger partial charge in [-0.3, -0.25) is 9.59 Å². The van der Waals surface area contributed by atoms with Crippen molar-refractivity contribution in [3.8, 4) is 11.5 Å². The molecule has 3 rings (SSSR count). The highest BCUT2D eigenvalue weighted by atomic mass is 16.5. The van der Waals surface area contributed by atoms with E-state index in [2.05, 4.69) is 10.6 Å². The van der Waals surface area contributed by atoms with Gasteiger partial charge in [0.15, 0.2) is 11.5 Å². The minimum Gasteiger partial charge on any atom is -0.493 e. The number of carbonyl (C=O) groups is 2. The number of carbonyl (C=O) groups excluding carboxylic acids is 2. The Balaban J connectivity index is 1.65. The Morgan fingerprint density at radius 2 is 1.18 bits per heavy atom. The van der Waals surface area contributed by atoms with E-state index in [9.17, 15) is 9.59 Å². The quantitative estimate of drug-likeness (QED) is 0.676. The number of benzene rings is 3. The number of rotatable bonds is 6. The Kier molecular flexibility index (Phi) is 5.91. The van der Waals surface area contributed by atoms with Crippen LogP contribution in [0.15, 0.2) is 72.8 Å².